The van der Waals surface area contributed by atoms with Gasteiger partial charge < -0.3 is 13.3 Å². The second kappa shape index (κ2) is 5.99. The van der Waals surface area contributed by atoms with Crippen molar-refractivity contribution in [1.29, 1.82) is 0 Å². The summed E-state index contributed by atoms with van der Waals surface area (Å²) in [7, 11) is 1.09. The van der Waals surface area contributed by atoms with Crippen LogP contribution in [0.3, 0.4) is 0 Å². The van der Waals surface area contributed by atoms with Crippen LogP contribution in [0.2, 0.25) is 5.54 Å². The Bertz CT molecular complexity index is 175. The molecule has 0 spiro atoms. The van der Waals surface area contributed by atoms with E-state index in [1.807, 2.05) is 0 Å². The fraction of sp³-hybridized carbons (Fsp3) is 1.00. The minimum atomic E-state index is -2.37. The molecule has 0 aliphatic heterocycles. The Hall–Kier alpha value is 0.0969. The van der Waals surface area contributed by atoms with E-state index in [1.54, 1.807) is 14.2 Å². The van der Waals surface area contributed by atoms with Crippen molar-refractivity contribution in [2.45, 2.75) is 45.1 Å². The average molecular weight is 232 g/mol. The van der Waals surface area contributed by atoms with Crippen molar-refractivity contribution >= 4 is 8.80 Å². The van der Waals surface area contributed by atoms with E-state index in [-0.39, 0.29) is 0 Å². The van der Waals surface area contributed by atoms with E-state index in [0.29, 0.717) is 11.5 Å². The number of rotatable bonds is 6. The van der Waals surface area contributed by atoms with Gasteiger partial charge in [-0.25, -0.2) is 0 Å². The molecule has 1 aliphatic rings. The largest absolute Gasteiger partial charge is 0.503 e. The average Bonchev–Trinajstić information content (AvgIpc) is 2.74. The zero-order valence-electron chi connectivity index (χ0n) is 10.4. The molecule has 0 aromatic carbocycles. The van der Waals surface area contributed by atoms with Crippen LogP contribution < -0.4 is 0 Å². The molecule has 90 valence electrons. The molecular formula is C11H24O3Si. The maximum Gasteiger partial charge on any atom is 0.503 e. The Morgan fingerprint density at radius 3 is 2.07 bits per heavy atom. The van der Waals surface area contributed by atoms with Crippen LogP contribution in [0.4, 0.5) is 0 Å². The molecule has 1 fully saturated rings. The molecule has 0 bridgehead atoms. The fourth-order valence-electron chi connectivity index (χ4n) is 2.21. The van der Waals surface area contributed by atoms with Gasteiger partial charge in [-0.2, -0.15) is 0 Å². The fourth-order valence-corrected chi connectivity index (χ4v) is 5.20. The summed E-state index contributed by atoms with van der Waals surface area (Å²) >= 11 is 0. The van der Waals surface area contributed by atoms with Crippen LogP contribution in [0.5, 0.6) is 0 Å². The van der Waals surface area contributed by atoms with Crippen LogP contribution in [0.25, 0.3) is 0 Å². The van der Waals surface area contributed by atoms with E-state index in [2.05, 4.69) is 13.8 Å². The van der Waals surface area contributed by atoms with Gasteiger partial charge in [-0.3, -0.25) is 0 Å². The predicted octanol–water partition coefficient (Wildman–Crippen LogP) is 2.83. The van der Waals surface area contributed by atoms with Gasteiger partial charge in [0, 0.05) is 26.4 Å². The van der Waals surface area contributed by atoms with Crippen LogP contribution in [-0.2, 0) is 13.3 Å². The SMILES string of the molecule is CO[Si](OC)(OCC(C)C)C1CCCC1. The summed E-state index contributed by atoms with van der Waals surface area (Å²) in [6.45, 7) is 5.04. The van der Waals surface area contributed by atoms with Crippen molar-refractivity contribution in [3.05, 3.63) is 0 Å². The van der Waals surface area contributed by atoms with Gasteiger partial charge in [0.25, 0.3) is 0 Å². The van der Waals surface area contributed by atoms with Gasteiger partial charge in [0.1, 0.15) is 0 Å². The monoisotopic (exact) mass is 232 g/mol. The summed E-state index contributed by atoms with van der Waals surface area (Å²) < 4.78 is 17.2. The lowest BCUT2D eigenvalue weighted by Gasteiger charge is -2.32. The third-order valence-electron chi connectivity index (χ3n) is 3.04. The molecule has 1 rings (SSSR count). The highest BCUT2D eigenvalue weighted by Crippen LogP contribution is 2.39. The molecule has 3 nitrogen and oxygen atoms in total. The van der Waals surface area contributed by atoms with Crippen LogP contribution >= 0.6 is 0 Å². The Balaban J connectivity index is 2.58. The van der Waals surface area contributed by atoms with Gasteiger partial charge >= 0.3 is 8.80 Å². The van der Waals surface area contributed by atoms with E-state index in [1.165, 1.54) is 25.7 Å². The zero-order valence-corrected chi connectivity index (χ0v) is 11.4. The summed E-state index contributed by atoms with van der Waals surface area (Å²) in [4.78, 5) is 0. The van der Waals surface area contributed by atoms with Gasteiger partial charge in [-0.15, -0.1) is 0 Å². The van der Waals surface area contributed by atoms with Gasteiger partial charge in [0.15, 0.2) is 0 Å². The van der Waals surface area contributed by atoms with Crippen LogP contribution in [-0.4, -0.2) is 29.6 Å². The second-order valence-electron chi connectivity index (χ2n) is 4.70. The van der Waals surface area contributed by atoms with E-state index in [4.69, 9.17) is 13.3 Å². The molecule has 0 N–H and O–H groups in total. The van der Waals surface area contributed by atoms with Crippen molar-refractivity contribution < 1.29 is 13.3 Å². The van der Waals surface area contributed by atoms with Gasteiger partial charge in [-0.05, 0) is 18.8 Å². The third kappa shape index (κ3) is 3.28. The highest BCUT2D eigenvalue weighted by molar-refractivity contribution is 6.62. The third-order valence-corrected chi connectivity index (χ3v) is 6.33. The zero-order chi connectivity index (χ0) is 11.3. The molecule has 0 unspecified atom stereocenters. The highest BCUT2D eigenvalue weighted by Gasteiger charge is 2.48. The summed E-state index contributed by atoms with van der Waals surface area (Å²) in [6, 6.07) is 0. The Kier molecular flexibility index (Phi) is 5.25. The highest BCUT2D eigenvalue weighted by atomic mass is 28.4. The lowest BCUT2D eigenvalue weighted by Crippen LogP contribution is -2.48. The molecule has 1 aliphatic carbocycles. The van der Waals surface area contributed by atoms with Gasteiger partial charge in [-0.1, -0.05) is 26.7 Å². The molecule has 15 heavy (non-hydrogen) atoms. The van der Waals surface area contributed by atoms with Gasteiger partial charge in [0.05, 0.1) is 0 Å². The maximum atomic E-state index is 5.97. The van der Waals surface area contributed by atoms with Crippen molar-refractivity contribution in [1.82, 2.24) is 0 Å². The Labute approximate surface area is 94.5 Å². The predicted molar refractivity (Wildman–Crippen MR) is 62.8 cm³/mol. The lowest BCUT2D eigenvalue weighted by molar-refractivity contribution is 0.0767. The molecule has 0 amide bonds. The molecule has 4 heteroatoms. The summed E-state index contributed by atoms with van der Waals surface area (Å²) in [5.41, 5.74) is 0.520. The van der Waals surface area contributed by atoms with Crippen molar-refractivity contribution in [2.24, 2.45) is 5.92 Å². The molecular weight excluding hydrogens is 208 g/mol. The summed E-state index contributed by atoms with van der Waals surface area (Å²) in [6.07, 6.45) is 4.98. The van der Waals surface area contributed by atoms with E-state index < -0.39 is 8.80 Å². The Morgan fingerprint density at radius 1 is 1.13 bits per heavy atom. The molecule has 1 saturated carbocycles. The van der Waals surface area contributed by atoms with Crippen molar-refractivity contribution in [3.63, 3.8) is 0 Å². The van der Waals surface area contributed by atoms with E-state index in [0.717, 1.165) is 6.61 Å². The first-order chi connectivity index (χ1) is 7.14. The number of hydrogen-bond acceptors (Lipinski definition) is 3. The number of hydrogen-bond donors (Lipinski definition) is 0. The topological polar surface area (TPSA) is 27.7 Å². The summed E-state index contributed by atoms with van der Waals surface area (Å²) in [5.74, 6) is 0.531. The van der Waals surface area contributed by atoms with Gasteiger partial charge in [0.2, 0.25) is 0 Å². The Morgan fingerprint density at radius 2 is 1.67 bits per heavy atom. The van der Waals surface area contributed by atoms with Crippen LogP contribution in [0.15, 0.2) is 0 Å². The molecule has 0 aromatic heterocycles. The standard InChI is InChI=1S/C11H24O3Si/c1-10(2)9-14-15(12-3,13-4)11-7-5-6-8-11/h10-11H,5-9H2,1-4H3. The smallest absolute Gasteiger partial charge is 0.377 e. The molecule has 0 saturated heterocycles. The molecule has 0 aromatic rings. The summed E-state index contributed by atoms with van der Waals surface area (Å²) in [5, 5.41) is 0. The quantitative estimate of drug-likeness (QED) is 0.659. The second-order valence-corrected chi connectivity index (χ2v) is 7.83. The first kappa shape index (κ1) is 13.2. The normalized spacial score (nSPS) is 19.0. The maximum absolute atomic E-state index is 5.97. The van der Waals surface area contributed by atoms with Crippen molar-refractivity contribution in [2.75, 3.05) is 20.8 Å². The minimum Gasteiger partial charge on any atom is -0.377 e. The first-order valence-electron chi connectivity index (χ1n) is 5.89. The van der Waals surface area contributed by atoms with Crippen LogP contribution in [0.1, 0.15) is 39.5 Å². The minimum absolute atomic E-state index is 0.520. The molecule has 0 radical (unpaired) electrons. The van der Waals surface area contributed by atoms with Crippen molar-refractivity contribution in [3.8, 4) is 0 Å². The first-order valence-corrected chi connectivity index (χ1v) is 7.69. The van der Waals surface area contributed by atoms with E-state index in [9.17, 15) is 0 Å². The molecule has 0 atom stereocenters. The van der Waals surface area contributed by atoms with Crippen LogP contribution in [0, 0.1) is 5.92 Å². The lowest BCUT2D eigenvalue weighted by atomic mass is 10.2. The molecule has 0 heterocycles. The van der Waals surface area contributed by atoms with E-state index >= 15 is 0 Å².